The van der Waals surface area contributed by atoms with E-state index in [0.29, 0.717) is 6.42 Å². The van der Waals surface area contributed by atoms with Crippen molar-refractivity contribution in [3.63, 3.8) is 0 Å². The van der Waals surface area contributed by atoms with Crippen LogP contribution in [0.3, 0.4) is 0 Å². The van der Waals surface area contributed by atoms with Crippen molar-refractivity contribution in [1.29, 1.82) is 0 Å². The first kappa shape index (κ1) is 8.99. The molecule has 0 radical (unpaired) electrons. The van der Waals surface area contributed by atoms with Crippen molar-refractivity contribution in [3.8, 4) is 0 Å². The van der Waals surface area contributed by atoms with E-state index < -0.39 is 0 Å². The van der Waals surface area contributed by atoms with E-state index in [1.54, 1.807) is 0 Å². The van der Waals surface area contributed by atoms with E-state index in [9.17, 15) is 4.79 Å². The fourth-order valence-electron chi connectivity index (χ4n) is 1.56. The Labute approximate surface area is 90.9 Å². The summed E-state index contributed by atoms with van der Waals surface area (Å²) < 4.78 is 1.23. The lowest BCUT2D eigenvalue weighted by Crippen LogP contribution is -2.18. The number of halogens is 1. The fraction of sp³-hybridized carbons (Fsp3) is 0.300. The van der Waals surface area contributed by atoms with E-state index in [0.717, 1.165) is 6.42 Å². The summed E-state index contributed by atoms with van der Waals surface area (Å²) in [6, 6.07) is 8.54. The van der Waals surface area contributed by atoms with Crippen LogP contribution < -0.4 is 5.32 Å². The third-order valence-electron chi connectivity index (χ3n) is 2.27. The van der Waals surface area contributed by atoms with Crippen molar-refractivity contribution in [2.45, 2.75) is 18.9 Å². The highest BCUT2D eigenvalue weighted by Crippen LogP contribution is 2.23. The second-order valence-corrected chi connectivity index (χ2v) is 4.46. The normalized spacial score (nSPS) is 21.6. The molecule has 1 amide bonds. The third kappa shape index (κ3) is 2.02. The number of benzene rings is 1. The summed E-state index contributed by atoms with van der Waals surface area (Å²) in [4.78, 5) is 11.0. The second-order valence-electron chi connectivity index (χ2n) is 3.21. The van der Waals surface area contributed by atoms with Crippen molar-refractivity contribution in [1.82, 2.24) is 5.32 Å². The van der Waals surface area contributed by atoms with Gasteiger partial charge in [0.25, 0.3) is 0 Å². The minimum atomic E-state index is 0.170. The van der Waals surface area contributed by atoms with Gasteiger partial charge in [0, 0.05) is 9.99 Å². The Kier molecular flexibility index (Phi) is 2.53. The van der Waals surface area contributed by atoms with Crippen molar-refractivity contribution < 1.29 is 4.79 Å². The molecule has 1 saturated heterocycles. The highest BCUT2D eigenvalue weighted by atomic mass is 127. The number of nitrogens with one attached hydrogen (secondary N) is 1. The number of carbonyl (C=O) groups excluding carboxylic acids is 1. The van der Waals surface area contributed by atoms with Gasteiger partial charge in [-0.15, -0.1) is 0 Å². The van der Waals surface area contributed by atoms with Crippen LogP contribution in [0.5, 0.6) is 0 Å². The van der Waals surface area contributed by atoms with Crippen LogP contribution in [-0.4, -0.2) is 5.91 Å². The van der Waals surface area contributed by atoms with Gasteiger partial charge >= 0.3 is 0 Å². The SMILES string of the molecule is O=C1CC[C@@H](c2ccc(I)cc2)N1. The van der Waals surface area contributed by atoms with Gasteiger partial charge in [0.2, 0.25) is 5.91 Å². The molecule has 3 heteroatoms. The summed E-state index contributed by atoms with van der Waals surface area (Å²) in [5.41, 5.74) is 1.21. The zero-order chi connectivity index (χ0) is 9.26. The number of carbonyl (C=O) groups is 1. The van der Waals surface area contributed by atoms with Crippen molar-refractivity contribution in [2.24, 2.45) is 0 Å². The highest BCUT2D eigenvalue weighted by molar-refractivity contribution is 14.1. The summed E-state index contributed by atoms with van der Waals surface area (Å²) in [7, 11) is 0. The molecule has 0 aliphatic carbocycles. The minimum absolute atomic E-state index is 0.170. The van der Waals surface area contributed by atoms with Crippen LogP contribution in [-0.2, 0) is 4.79 Å². The molecule has 1 N–H and O–H groups in total. The maximum atomic E-state index is 11.0. The smallest absolute Gasteiger partial charge is 0.220 e. The van der Waals surface area contributed by atoms with Crippen LogP contribution in [0.25, 0.3) is 0 Å². The Bertz CT molecular complexity index is 320. The predicted octanol–water partition coefficient (Wildman–Crippen LogP) is 2.24. The molecule has 1 aliphatic rings. The summed E-state index contributed by atoms with van der Waals surface area (Å²) >= 11 is 2.28. The van der Waals surface area contributed by atoms with Gasteiger partial charge < -0.3 is 5.32 Å². The monoisotopic (exact) mass is 287 g/mol. The average Bonchev–Trinajstić information content (AvgIpc) is 2.53. The molecule has 1 atom stereocenters. The molecule has 2 nitrogen and oxygen atoms in total. The lowest BCUT2D eigenvalue weighted by Gasteiger charge is -2.09. The van der Waals surface area contributed by atoms with Gasteiger partial charge in [0.15, 0.2) is 0 Å². The molecule has 0 spiro atoms. The summed E-state index contributed by atoms with van der Waals surface area (Å²) in [6.45, 7) is 0. The van der Waals surface area contributed by atoms with Gasteiger partial charge in [-0.1, -0.05) is 12.1 Å². The van der Waals surface area contributed by atoms with Gasteiger partial charge in [-0.3, -0.25) is 4.79 Å². The molecule has 1 fully saturated rings. The zero-order valence-electron chi connectivity index (χ0n) is 7.09. The Morgan fingerprint density at radius 1 is 1.31 bits per heavy atom. The Hall–Kier alpha value is -0.580. The number of amides is 1. The largest absolute Gasteiger partial charge is 0.349 e. The van der Waals surface area contributed by atoms with Crippen molar-refractivity contribution in [3.05, 3.63) is 33.4 Å². The van der Waals surface area contributed by atoms with E-state index in [1.165, 1.54) is 9.13 Å². The maximum Gasteiger partial charge on any atom is 0.220 e. The quantitative estimate of drug-likeness (QED) is 0.789. The lowest BCUT2D eigenvalue weighted by molar-refractivity contribution is -0.119. The zero-order valence-corrected chi connectivity index (χ0v) is 9.24. The van der Waals surface area contributed by atoms with Crippen LogP contribution in [0.15, 0.2) is 24.3 Å². The van der Waals surface area contributed by atoms with Crippen LogP contribution in [0.2, 0.25) is 0 Å². The fourth-order valence-corrected chi connectivity index (χ4v) is 1.92. The molecule has 1 heterocycles. The molecule has 68 valence electrons. The predicted molar refractivity (Wildman–Crippen MR) is 59.3 cm³/mol. The van der Waals surface area contributed by atoms with E-state index >= 15 is 0 Å². The third-order valence-corrected chi connectivity index (χ3v) is 2.99. The van der Waals surface area contributed by atoms with Crippen molar-refractivity contribution in [2.75, 3.05) is 0 Å². The summed E-state index contributed by atoms with van der Waals surface area (Å²) in [6.07, 6.45) is 1.59. The van der Waals surface area contributed by atoms with Gasteiger partial charge in [0.05, 0.1) is 6.04 Å². The molecular formula is C10H10INO. The molecule has 0 unspecified atom stereocenters. The Morgan fingerprint density at radius 3 is 2.54 bits per heavy atom. The molecule has 0 aromatic heterocycles. The van der Waals surface area contributed by atoms with Gasteiger partial charge in [0.1, 0.15) is 0 Å². The van der Waals surface area contributed by atoms with Crippen LogP contribution >= 0.6 is 22.6 Å². The van der Waals surface area contributed by atoms with Gasteiger partial charge in [-0.25, -0.2) is 0 Å². The molecule has 2 rings (SSSR count). The summed E-state index contributed by atoms with van der Waals surface area (Å²) in [5, 5.41) is 2.95. The average molecular weight is 287 g/mol. The molecule has 0 bridgehead atoms. The standard InChI is InChI=1S/C10H10INO/c11-8-3-1-7(2-4-8)9-5-6-10(13)12-9/h1-4,9H,5-6H2,(H,12,13)/t9-/m0/s1. The van der Waals surface area contributed by atoms with Gasteiger partial charge in [-0.2, -0.15) is 0 Å². The number of hydrogen-bond donors (Lipinski definition) is 1. The first-order valence-electron chi connectivity index (χ1n) is 4.30. The lowest BCUT2D eigenvalue weighted by atomic mass is 10.1. The molecular weight excluding hydrogens is 277 g/mol. The first-order valence-corrected chi connectivity index (χ1v) is 5.38. The topological polar surface area (TPSA) is 29.1 Å². The van der Waals surface area contributed by atoms with Crippen LogP contribution in [0.1, 0.15) is 24.4 Å². The van der Waals surface area contributed by atoms with E-state index in [1.807, 2.05) is 0 Å². The molecule has 1 aromatic carbocycles. The van der Waals surface area contributed by atoms with Crippen molar-refractivity contribution >= 4 is 28.5 Å². The van der Waals surface area contributed by atoms with E-state index in [4.69, 9.17) is 0 Å². The molecule has 1 aromatic rings. The van der Waals surface area contributed by atoms with Gasteiger partial charge in [-0.05, 0) is 46.7 Å². The second kappa shape index (κ2) is 3.65. The Balaban J connectivity index is 2.17. The summed E-state index contributed by atoms with van der Waals surface area (Å²) in [5.74, 6) is 0.170. The molecule has 13 heavy (non-hydrogen) atoms. The highest BCUT2D eigenvalue weighted by Gasteiger charge is 2.21. The number of rotatable bonds is 1. The van der Waals surface area contributed by atoms with E-state index in [-0.39, 0.29) is 11.9 Å². The Morgan fingerprint density at radius 2 is 2.00 bits per heavy atom. The minimum Gasteiger partial charge on any atom is -0.349 e. The molecule has 0 saturated carbocycles. The van der Waals surface area contributed by atoms with E-state index in [2.05, 4.69) is 52.2 Å². The van der Waals surface area contributed by atoms with Crippen LogP contribution in [0, 0.1) is 3.57 Å². The first-order chi connectivity index (χ1) is 6.25. The number of hydrogen-bond acceptors (Lipinski definition) is 1. The van der Waals surface area contributed by atoms with Crippen LogP contribution in [0.4, 0.5) is 0 Å². The molecule has 1 aliphatic heterocycles. The maximum absolute atomic E-state index is 11.0.